The molecule has 1 aromatic heterocycles. The fraction of sp³-hybridized carbons (Fsp3) is 0.118. The Balaban J connectivity index is 2.10. The molecule has 0 bridgehead atoms. The van der Waals surface area contributed by atoms with Crippen molar-refractivity contribution in [1.82, 2.24) is 10.3 Å². The number of amides is 1. The number of carbonyl (C=O) groups excluding carboxylic acids is 1. The second-order valence-electron chi connectivity index (χ2n) is 4.57. The van der Waals surface area contributed by atoms with Crippen LogP contribution in [-0.2, 0) is 11.3 Å². The molecule has 0 radical (unpaired) electrons. The summed E-state index contributed by atoms with van der Waals surface area (Å²) in [5.41, 5.74) is 0.951. The summed E-state index contributed by atoms with van der Waals surface area (Å²) in [7, 11) is 1.36. The van der Waals surface area contributed by atoms with Gasteiger partial charge in [0.05, 0.1) is 19.3 Å². The number of nitriles is 1. The zero-order chi connectivity index (χ0) is 16.7. The monoisotopic (exact) mass is 311 g/mol. The van der Waals surface area contributed by atoms with Crippen LogP contribution in [-0.4, -0.2) is 18.0 Å². The van der Waals surface area contributed by atoms with Gasteiger partial charge in [0.25, 0.3) is 5.91 Å². The summed E-state index contributed by atoms with van der Waals surface area (Å²) < 4.78 is 18.4. The third-order valence-electron chi connectivity index (χ3n) is 3.01. The number of methoxy groups -OCH3 is 1. The van der Waals surface area contributed by atoms with Gasteiger partial charge in [-0.15, -0.1) is 0 Å². The molecule has 0 unspecified atom stereocenters. The molecule has 0 saturated heterocycles. The van der Waals surface area contributed by atoms with Gasteiger partial charge in [-0.3, -0.25) is 9.78 Å². The average molecular weight is 311 g/mol. The quantitative estimate of drug-likeness (QED) is 0.680. The van der Waals surface area contributed by atoms with Gasteiger partial charge >= 0.3 is 0 Å². The minimum Gasteiger partial charge on any atom is -0.494 e. The molecule has 2 rings (SSSR count). The summed E-state index contributed by atoms with van der Waals surface area (Å²) in [6.07, 6.45) is 2.93. The lowest BCUT2D eigenvalue weighted by molar-refractivity contribution is -0.117. The van der Waals surface area contributed by atoms with Gasteiger partial charge in [0.1, 0.15) is 11.6 Å². The van der Waals surface area contributed by atoms with Gasteiger partial charge in [-0.1, -0.05) is 12.1 Å². The van der Waals surface area contributed by atoms with Gasteiger partial charge in [-0.05, 0) is 35.9 Å². The lowest BCUT2D eigenvalue weighted by Gasteiger charge is -2.05. The Hall–Kier alpha value is -3.20. The molecule has 0 saturated carbocycles. The largest absolute Gasteiger partial charge is 0.494 e. The Labute approximate surface area is 133 Å². The SMILES string of the molecule is COc1ccc(/C=C(\C#N)C(=O)NCc2ccccn2)cc1F. The molecule has 1 N–H and O–H groups in total. The third kappa shape index (κ3) is 4.38. The Bertz CT molecular complexity index is 767. The van der Waals surface area contributed by atoms with E-state index < -0.39 is 11.7 Å². The predicted molar refractivity (Wildman–Crippen MR) is 82.6 cm³/mol. The number of carbonyl (C=O) groups is 1. The fourth-order valence-electron chi connectivity index (χ4n) is 1.86. The molecule has 6 heteroatoms. The number of hydrogen-bond donors (Lipinski definition) is 1. The van der Waals surface area contributed by atoms with Crippen molar-refractivity contribution in [3.63, 3.8) is 0 Å². The van der Waals surface area contributed by atoms with Crippen LogP contribution in [0.25, 0.3) is 6.08 Å². The second kappa shape index (κ2) is 7.71. The Morgan fingerprint density at radius 2 is 2.26 bits per heavy atom. The van der Waals surface area contributed by atoms with Crippen LogP contribution in [0.2, 0.25) is 0 Å². The fourth-order valence-corrected chi connectivity index (χ4v) is 1.86. The third-order valence-corrected chi connectivity index (χ3v) is 3.01. The second-order valence-corrected chi connectivity index (χ2v) is 4.57. The van der Waals surface area contributed by atoms with Crippen molar-refractivity contribution in [2.24, 2.45) is 0 Å². The van der Waals surface area contributed by atoms with Gasteiger partial charge in [-0.25, -0.2) is 4.39 Å². The summed E-state index contributed by atoms with van der Waals surface area (Å²) in [5.74, 6) is -1.01. The van der Waals surface area contributed by atoms with E-state index in [0.29, 0.717) is 11.3 Å². The van der Waals surface area contributed by atoms with E-state index >= 15 is 0 Å². The predicted octanol–water partition coefficient (Wildman–Crippen LogP) is 2.45. The maximum atomic E-state index is 13.6. The van der Waals surface area contributed by atoms with Gasteiger partial charge < -0.3 is 10.1 Å². The van der Waals surface area contributed by atoms with Crippen LogP contribution in [0, 0.1) is 17.1 Å². The first kappa shape index (κ1) is 16.2. The summed E-state index contributed by atoms with van der Waals surface area (Å²) in [5, 5.41) is 11.7. The molecule has 1 heterocycles. The molecule has 0 fully saturated rings. The number of nitrogens with one attached hydrogen (secondary N) is 1. The van der Waals surface area contributed by atoms with Crippen LogP contribution < -0.4 is 10.1 Å². The molecule has 0 atom stereocenters. The number of benzene rings is 1. The average Bonchev–Trinajstić information content (AvgIpc) is 2.58. The van der Waals surface area contributed by atoms with Crippen LogP contribution in [0.1, 0.15) is 11.3 Å². The zero-order valence-corrected chi connectivity index (χ0v) is 12.4. The Morgan fingerprint density at radius 3 is 2.87 bits per heavy atom. The van der Waals surface area contributed by atoms with Crippen LogP contribution >= 0.6 is 0 Å². The lowest BCUT2D eigenvalue weighted by Crippen LogP contribution is -2.24. The number of rotatable bonds is 5. The molecule has 0 spiro atoms. The van der Waals surface area contributed by atoms with Crippen molar-refractivity contribution in [2.45, 2.75) is 6.54 Å². The standard InChI is InChI=1S/C17H14FN3O2/c1-23-16-6-5-12(9-15(16)18)8-13(10-19)17(22)21-11-14-4-2-3-7-20-14/h2-9H,11H2,1H3,(H,21,22)/b13-8+. The zero-order valence-electron chi connectivity index (χ0n) is 12.4. The van der Waals surface area contributed by atoms with E-state index in [1.807, 2.05) is 6.07 Å². The first-order chi connectivity index (χ1) is 11.1. The van der Waals surface area contributed by atoms with Gasteiger partial charge in [0.2, 0.25) is 0 Å². The summed E-state index contributed by atoms with van der Waals surface area (Å²) in [4.78, 5) is 16.1. The molecule has 1 amide bonds. The molecule has 0 aliphatic carbocycles. The molecule has 2 aromatic rings. The first-order valence-corrected chi connectivity index (χ1v) is 6.77. The molecule has 5 nitrogen and oxygen atoms in total. The highest BCUT2D eigenvalue weighted by molar-refractivity contribution is 6.01. The van der Waals surface area contributed by atoms with Crippen LogP contribution in [0.4, 0.5) is 4.39 Å². The Morgan fingerprint density at radius 1 is 1.43 bits per heavy atom. The van der Waals surface area contributed by atoms with E-state index in [4.69, 9.17) is 10.00 Å². The van der Waals surface area contributed by atoms with E-state index in [1.165, 1.54) is 25.3 Å². The van der Waals surface area contributed by atoms with Gasteiger partial charge in [0.15, 0.2) is 11.6 Å². The highest BCUT2D eigenvalue weighted by Crippen LogP contribution is 2.19. The van der Waals surface area contributed by atoms with Crippen LogP contribution in [0.15, 0.2) is 48.2 Å². The van der Waals surface area contributed by atoms with E-state index in [0.717, 1.165) is 0 Å². The number of nitrogens with zero attached hydrogens (tertiary/aromatic N) is 2. The summed E-state index contributed by atoms with van der Waals surface area (Å²) >= 11 is 0. The maximum absolute atomic E-state index is 13.6. The minimum absolute atomic E-state index is 0.0975. The van der Waals surface area contributed by atoms with Gasteiger partial charge in [-0.2, -0.15) is 5.26 Å². The summed E-state index contributed by atoms with van der Waals surface area (Å²) in [6.45, 7) is 0.204. The number of ether oxygens (including phenoxy) is 1. The van der Waals surface area contributed by atoms with Crippen molar-refractivity contribution in [1.29, 1.82) is 5.26 Å². The smallest absolute Gasteiger partial charge is 0.262 e. The number of pyridine rings is 1. The molecule has 0 aliphatic heterocycles. The molecule has 23 heavy (non-hydrogen) atoms. The Kier molecular flexibility index (Phi) is 5.42. The molecule has 116 valence electrons. The molecule has 1 aromatic carbocycles. The summed E-state index contributed by atoms with van der Waals surface area (Å²) in [6, 6.07) is 11.3. The van der Waals surface area contributed by atoms with Crippen molar-refractivity contribution in [3.05, 3.63) is 65.2 Å². The van der Waals surface area contributed by atoms with E-state index in [-0.39, 0.29) is 17.9 Å². The van der Waals surface area contributed by atoms with Crippen molar-refractivity contribution < 1.29 is 13.9 Å². The van der Waals surface area contributed by atoms with Crippen molar-refractivity contribution in [3.8, 4) is 11.8 Å². The first-order valence-electron chi connectivity index (χ1n) is 6.77. The normalized spacial score (nSPS) is 10.7. The molecule has 0 aliphatic rings. The van der Waals surface area contributed by atoms with Crippen LogP contribution in [0.5, 0.6) is 5.75 Å². The topological polar surface area (TPSA) is 75.0 Å². The lowest BCUT2D eigenvalue weighted by atomic mass is 10.1. The number of aromatic nitrogens is 1. The van der Waals surface area contributed by atoms with Gasteiger partial charge in [0, 0.05) is 6.20 Å². The van der Waals surface area contributed by atoms with E-state index in [2.05, 4.69) is 10.3 Å². The van der Waals surface area contributed by atoms with Crippen molar-refractivity contribution >= 4 is 12.0 Å². The molecular formula is C17H14FN3O2. The molecular weight excluding hydrogens is 297 g/mol. The highest BCUT2D eigenvalue weighted by Gasteiger charge is 2.10. The van der Waals surface area contributed by atoms with Crippen LogP contribution in [0.3, 0.4) is 0 Å². The van der Waals surface area contributed by atoms with E-state index in [1.54, 1.807) is 30.5 Å². The van der Waals surface area contributed by atoms with E-state index in [9.17, 15) is 9.18 Å². The van der Waals surface area contributed by atoms with Crippen molar-refractivity contribution in [2.75, 3.05) is 7.11 Å². The number of hydrogen-bond acceptors (Lipinski definition) is 4. The number of halogens is 1. The minimum atomic E-state index is -0.563. The maximum Gasteiger partial charge on any atom is 0.262 e. The highest BCUT2D eigenvalue weighted by atomic mass is 19.1.